The first kappa shape index (κ1) is 22.7. The van der Waals surface area contributed by atoms with Gasteiger partial charge in [0.05, 0.1) is 15.7 Å². The number of allylic oxidation sites excluding steroid dienone is 1. The van der Waals surface area contributed by atoms with Gasteiger partial charge in [-0.15, -0.1) is 0 Å². The molecule has 3 aliphatic heterocycles. The predicted molar refractivity (Wildman–Crippen MR) is 133 cm³/mol. The smallest absolute Gasteiger partial charge is 0.244 e. The van der Waals surface area contributed by atoms with Crippen LogP contribution in [0.4, 0.5) is 0 Å². The molecule has 3 heterocycles. The lowest BCUT2D eigenvalue weighted by molar-refractivity contribution is 0.102. The van der Waals surface area contributed by atoms with E-state index in [1.165, 1.54) is 16.4 Å². The molecule has 0 saturated carbocycles. The first-order valence-electron chi connectivity index (χ1n) is 11.2. The Bertz CT molecular complexity index is 1250. The van der Waals surface area contributed by atoms with Gasteiger partial charge >= 0.3 is 0 Å². The summed E-state index contributed by atoms with van der Waals surface area (Å²) in [4.78, 5) is 15.9. The standard InChI is InChI=1S/C25H25ClN2O3S2/c26-21-12-11-19(16-23(21)33(30,31)27-13-6-7-14-27)24(29)20-10-4-5-15-28-22(17-32-25(20)28)18-8-2-1-3-9-18/h1-3,8-9,11-12,16-17H,4-7,10,13-15H2. The van der Waals surface area contributed by atoms with E-state index in [2.05, 4.69) is 22.4 Å². The molecule has 0 bridgehead atoms. The van der Waals surface area contributed by atoms with Crippen LogP contribution in [0.25, 0.3) is 5.70 Å². The zero-order valence-corrected chi connectivity index (χ0v) is 20.6. The molecule has 1 saturated heterocycles. The highest BCUT2D eigenvalue weighted by molar-refractivity contribution is 8.06. The number of ketones is 1. The Morgan fingerprint density at radius 3 is 2.42 bits per heavy atom. The summed E-state index contributed by atoms with van der Waals surface area (Å²) in [6, 6.07) is 14.8. The van der Waals surface area contributed by atoms with Gasteiger partial charge in [0, 0.05) is 36.2 Å². The number of thioether (sulfide) groups is 1. The number of hydrogen-bond acceptors (Lipinski definition) is 5. The lowest BCUT2D eigenvalue weighted by Gasteiger charge is -2.23. The van der Waals surface area contributed by atoms with E-state index in [-0.39, 0.29) is 15.7 Å². The number of nitrogens with zero attached hydrogens (tertiary/aromatic N) is 2. The third kappa shape index (κ3) is 4.28. The summed E-state index contributed by atoms with van der Waals surface area (Å²) in [6.07, 6.45) is 4.26. The SMILES string of the molecule is O=C(C1=C2SC=C(c3ccccc3)N2CCCC1)c1ccc(Cl)c(S(=O)(=O)N2CCCC2)c1. The molecule has 0 aliphatic carbocycles. The fraction of sp³-hybridized carbons (Fsp3) is 0.320. The van der Waals surface area contributed by atoms with Crippen molar-refractivity contribution in [1.82, 2.24) is 9.21 Å². The summed E-state index contributed by atoms with van der Waals surface area (Å²) in [5, 5.41) is 3.21. The van der Waals surface area contributed by atoms with E-state index in [1.54, 1.807) is 17.8 Å². The normalized spacial score (nSPS) is 19.4. The van der Waals surface area contributed by atoms with Crippen molar-refractivity contribution in [3.8, 4) is 0 Å². The largest absolute Gasteiger partial charge is 0.335 e. The van der Waals surface area contributed by atoms with Crippen molar-refractivity contribution >= 4 is 44.9 Å². The Balaban J connectivity index is 1.50. The van der Waals surface area contributed by atoms with E-state index in [9.17, 15) is 13.2 Å². The van der Waals surface area contributed by atoms with Crippen LogP contribution in [0.2, 0.25) is 5.02 Å². The number of benzene rings is 2. The molecular formula is C25H25ClN2O3S2. The summed E-state index contributed by atoms with van der Waals surface area (Å²) >= 11 is 7.88. The number of halogens is 1. The Kier molecular flexibility index (Phi) is 6.40. The molecule has 5 rings (SSSR count). The number of carbonyl (C=O) groups excluding carboxylic acids is 1. The van der Waals surface area contributed by atoms with Crippen LogP contribution in [0, 0.1) is 0 Å². The molecule has 2 aromatic carbocycles. The second-order valence-corrected chi connectivity index (χ2v) is 11.6. The molecule has 0 amide bonds. The topological polar surface area (TPSA) is 57.7 Å². The van der Waals surface area contributed by atoms with Crippen molar-refractivity contribution in [2.45, 2.75) is 37.0 Å². The maximum absolute atomic E-state index is 13.7. The summed E-state index contributed by atoms with van der Waals surface area (Å²) in [6.45, 7) is 1.84. The van der Waals surface area contributed by atoms with E-state index in [0.29, 0.717) is 25.1 Å². The van der Waals surface area contributed by atoms with Gasteiger partial charge in [-0.3, -0.25) is 4.79 Å². The average Bonchev–Trinajstić information content (AvgIpc) is 3.47. The van der Waals surface area contributed by atoms with Gasteiger partial charge in [-0.1, -0.05) is 53.7 Å². The van der Waals surface area contributed by atoms with Gasteiger partial charge < -0.3 is 4.90 Å². The van der Waals surface area contributed by atoms with Crippen molar-refractivity contribution in [1.29, 1.82) is 0 Å². The van der Waals surface area contributed by atoms with Crippen molar-refractivity contribution in [2.75, 3.05) is 19.6 Å². The van der Waals surface area contributed by atoms with Gasteiger partial charge in [-0.05, 0) is 55.9 Å². The van der Waals surface area contributed by atoms with E-state index in [4.69, 9.17) is 11.6 Å². The second kappa shape index (κ2) is 9.29. The van der Waals surface area contributed by atoms with Gasteiger partial charge in [0.2, 0.25) is 10.0 Å². The summed E-state index contributed by atoms with van der Waals surface area (Å²) in [7, 11) is -3.72. The van der Waals surface area contributed by atoms with Crippen LogP contribution in [0.3, 0.4) is 0 Å². The van der Waals surface area contributed by atoms with E-state index >= 15 is 0 Å². The van der Waals surface area contributed by atoms with Crippen molar-refractivity contribution in [3.63, 3.8) is 0 Å². The fourth-order valence-electron chi connectivity index (χ4n) is 4.61. The van der Waals surface area contributed by atoms with Crippen molar-refractivity contribution < 1.29 is 13.2 Å². The Labute approximate surface area is 204 Å². The number of hydrogen-bond donors (Lipinski definition) is 0. The fourth-order valence-corrected chi connectivity index (χ4v) is 7.77. The van der Waals surface area contributed by atoms with E-state index in [0.717, 1.165) is 54.1 Å². The second-order valence-electron chi connectivity index (χ2n) is 8.46. The van der Waals surface area contributed by atoms with Crippen LogP contribution in [0.5, 0.6) is 0 Å². The van der Waals surface area contributed by atoms with Crippen LogP contribution in [0.15, 0.2) is 69.4 Å². The first-order valence-corrected chi connectivity index (χ1v) is 13.9. The van der Waals surface area contributed by atoms with Crippen LogP contribution in [-0.2, 0) is 10.0 Å². The molecule has 5 nitrogen and oxygen atoms in total. The lowest BCUT2D eigenvalue weighted by Crippen LogP contribution is -2.28. The molecule has 2 aromatic rings. The third-order valence-electron chi connectivity index (χ3n) is 6.35. The van der Waals surface area contributed by atoms with Gasteiger partial charge in [0.15, 0.2) is 5.78 Å². The van der Waals surface area contributed by atoms with Gasteiger partial charge in [0.1, 0.15) is 4.90 Å². The third-order valence-corrected chi connectivity index (χ3v) is 9.77. The maximum Gasteiger partial charge on any atom is 0.244 e. The van der Waals surface area contributed by atoms with Gasteiger partial charge in [0.25, 0.3) is 0 Å². The molecule has 0 N–H and O–H groups in total. The predicted octanol–water partition coefficient (Wildman–Crippen LogP) is 5.75. The molecule has 3 aliphatic rings. The number of sulfonamides is 1. The summed E-state index contributed by atoms with van der Waals surface area (Å²) in [5.41, 5.74) is 3.34. The number of Topliss-reactive ketones (excluding diaryl/α,β-unsaturated/α-hetero) is 1. The number of rotatable bonds is 5. The minimum atomic E-state index is -3.72. The minimum absolute atomic E-state index is 0.0233. The maximum atomic E-state index is 13.7. The summed E-state index contributed by atoms with van der Waals surface area (Å²) < 4.78 is 27.7. The zero-order valence-electron chi connectivity index (χ0n) is 18.2. The summed E-state index contributed by atoms with van der Waals surface area (Å²) in [5.74, 6) is -0.123. The molecule has 1 fully saturated rings. The molecular weight excluding hydrogens is 476 g/mol. The number of fused-ring (bicyclic) bond motifs is 1. The zero-order chi connectivity index (χ0) is 23.0. The molecule has 0 unspecified atom stereocenters. The Morgan fingerprint density at radius 1 is 0.939 bits per heavy atom. The van der Waals surface area contributed by atoms with Crippen molar-refractivity contribution in [3.05, 3.63) is 80.7 Å². The quantitative estimate of drug-likeness (QED) is 0.489. The Hall–Kier alpha value is -2.06. The molecule has 33 heavy (non-hydrogen) atoms. The van der Waals surface area contributed by atoms with E-state index in [1.807, 2.05) is 18.2 Å². The highest BCUT2D eigenvalue weighted by Gasteiger charge is 2.33. The van der Waals surface area contributed by atoms with Gasteiger partial charge in [-0.25, -0.2) is 8.42 Å². The van der Waals surface area contributed by atoms with Gasteiger partial charge in [-0.2, -0.15) is 4.31 Å². The van der Waals surface area contributed by atoms with Crippen LogP contribution in [0.1, 0.15) is 48.0 Å². The minimum Gasteiger partial charge on any atom is -0.335 e. The highest BCUT2D eigenvalue weighted by atomic mass is 35.5. The molecule has 0 aromatic heterocycles. The molecule has 0 spiro atoms. The monoisotopic (exact) mass is 500 g/mol. The van der Waals surface area contributed by atoms with E-state index < -0.39 is 10.0 Å². The lowest BCUT2D eigenvalue weighted by atomic mass is 10.00. The molecule has 172 valence electrons. The highest BCUT2D eigenvalue weighted by Crippen LogP contribution is 2.44. The van der Waals surface area contributed by atoms with Crippen LogP contribution < -0.4 is 0 Å². The Morgan fingerprint density at radius 2 is 1.67 bits per heavy atom. The molecule has 0 atom stereocenters. The number of carbonyl (C=O) groups is 1. The average molecular weight is 501 g/mol. The van der Waals surface area contributed by atoms with Crippen LogP contribution in [-0.4, -0.2) is 43.0 Å². The first-order chi connectivity index (χ1) is 16.0. The molecule has 0 radical (unpaired) electrons. The molecule has 8 heteroatoms. The van der Waals surface area contributed by atoms with Crippen LogP contribution >= 0.6 is 23.4 Å². The van der Waals surface area contributed by atoms with Crippen molar-refractivity contribution in [2.24, 2.45) is 0 Å².